The fourth-order valence-corrected chi connectivity index (χ4v) is 7.34. The quantitative estimate of drug-likeness (QED) is 0.302. The van der Waals surface area contributed by atoms with Crippen molar-refractivity contribution in [2.75, 3.05) is 10.2 Å². The Balaban J connectivity index is 1.41. The number of allylic oxidation sites excluding steroid dienone is 1. The van der Waals surface area contributed by atoms with Crippen LogP contribution in [-0.4, -0.2) is 21.9 Å². The number of hydrogen-bond acceptors (Lipinski definition) is 9. The van der Waals surface area contributed by atoms with Gasteiger partial charge in [-0.3, -0.25) is 14.5 Å². The second-order valence-electron chi connectivity index (χ2n) is 9.54. The minimum absolute atomic E-state index is 0.0460. The van der Waals surface area contributed by atoms with Crippen LogP contribution in [0.2, 0.25) is 0 Å². The molecule has 0 bridgehead atoms. The van der Waals surface area contributed by atoms with Crippen LogP contribution < -0.4 is 16.0 Å². The molecule has 208 valence electrons. The van der Waals surface area contributed by atoms with E-state index in [4.69, 9.17) is 5.73 Å². The summed E-state index contributed by atoms with van der Waals surface area (Å²) in [7, 11) is 0. The van der Waals surface area contributed by atoms with Gasteiger partial charge >= 0.3 is 6.18 Å². The minimum atomic E-state index is -4.46. The lowest BCUT2D eigenvalue weighted by atomic mass is 9.64. The maximum Gasteiger partial charge on any atom is 0.416 e. The van der Waals surface area contributed by atoms with E-state index >= 15 is 0 Å². The fraction of sp³-hybridized carbons (Fsp3) is 0.222. The van der Waals surface area contributed by atoms with E-state index in [2.05, 4.69) is 15.5 Å². The van der Waals surface area contributed by atoms with E-state index in [1.54, 1.807) is 6.07 Å². The molecule has 6 rings (SSSR count). The normalized spacial score (nSPS) is 20.3. The van der Waals surface area contributed by atoms with Gasteiger partial charge in [0.05, 0.1) is 11.1 Å². The molecule has 1 atom stereocenters. The molecule has 14 heteroatoms. The van der Waals surface area contributed by atoms with Gasteiger partial charge in [-0.2, -0.15) is 18.4 Å². The molecule has 3 aromatic rings. The molecule has 3 heterocycles. The molecule has 3 aliphatic rings. The number of Topliss-reactive ketones (excluding diaryl/α,β-unsaturated/α-hetero) is 1. The van der Waals surface area contributed by atoms with E-state index in [0.29, 0.717) is 28.4 Å². The summed E-state index contributed by atoms with van der Waals surface area (Å²) in [5, 5.41) is 21.5. The molecule has 2 aromatic carbocycles. The average Bonchev–Trinajstić information content (AvgIpc) is 3.50. The van der Waals surface area contributed by atoms with Gasteiger partial charge in [0, 0.05) is 34.7 Å². The molecule has 1 amide bonds. The summed E-state index contributed by atoms with van der Waals surface area (Å²) >= 11 is 2.24. The zero-order valence-electron chi connectivity index (χ0n) is 20.9. The van der Waals surface area contributed by atoms with Gasteiger partial charge in [-0.1, -0.05) is 41.3 Å². The van der Waals surface area contributed by atoms with Gasteiger partial charge in [0.25, 0.3) is 0 Å². The smallest absolute Gasteiger partial charge is 0.384 e. The van der Waals surface area contributed by atoms with Crippen molar-refractivity contribution in [3.63, 3.8) is 0 Å². The lowest BCUT2D eigenvalue weighted by molar-refractivity contribution is -0.137. The summed E-state index contributed by atoms with van der Waals surface area (Å²) in [4.78, 5) is 28.5. The third-order valence-electron chi connectivity index (χ3n) is 7.19. The van der Waals surface area contributed by atoms with Crippen molar-refractivity contribution in [1.82, 2.24) is 10.2 Å². The Labute approximate surface area is 238 Å². The Bertz CT molecular complexity index is 1740. The molecule has 41 heavy (non-hydrogen) atoms. The van der Waals surface area contributed by atoms with Crippen molar-refractivity contribution in [3.05, 3.63) is 87.6 Å². The summed E-state index contributed by atoms with van der Waals surface area (Å²) in [6.07, 6.45) is -3.56. The van der Waals surface area contributed by atoms with Crippen molar-refractivity contribution in [3.8, 4) is 6.07 Å². The van der Waals surface area contributed by atoms with Crippen molar-refractivity contribution < 1.29 is 27.2 Å². The number of hydrogen-bond donors (Lipinski definition) is 2. The number of nitrogens with one attached hydrogen (secondary N) is 1. The lowest BCUT2D eigenvalue weighted by Crippen LogP contribution is -2.50. The number of nitrogens with two attached hydrogens (primary N) is 1. The lowest BCUT2D eigenvalue weighted by Gasteiger charge is -2.42. The molecule has 8 nitrogen and oxygen atoms in total. The number of ketones is 1. The minimum Gasteiger partial charge on any atom is -0.384 e. The SMILES string of the molecule is N#CC1=C(N)N(c2nnc(SCc3cccc(C(F)(F)F)c3)s2)C2=C(C(=O)CCC2)C12C(=O)Nc1ccc(F)cc12. The van der Waals surface area contributed by atoms with E-state index in [9.17, 15) is 32.4 Å². The number of anilines is 2. The van der Waals surface area contributed by atoms with Crippen molar-refractivity contribution >= 4 is 45.6 Å². The van der Waals surface area contributed by atoms with Crippen LogP contribution >= 0.6 is 23.1 Å². The molecule has 1 aromatic heterocycles. The Morgan fingerprint density at radius 2 is 1.98 bits per heavy atom. The number of aromatic nitrogens is 2. The highest BCUT2D eigenvalue weighted by Gasteiger charge is 2.60. The van der Waals surface area contributed by atoms with Crippen LogP contribution in [0.4, 0.5) is 28.4 Å². The second-order valence-corrected chi connectivity index (χ2v) is 11.7. The number of carbonyl (C=O) groups is 2. The summed E-state index contributed by atoms with van der Waals surface area (Å²) in [5.41, 5.74) is 4.92. The number of thioether (sulfide) groups is 1. The molecule has 0 saturated carbocycles. The Morgan fingerprint density at radius 1 is 1.17 bits per heavy atom. The molecule has 1 spiro atoms. The van der Waals surface area contributed by atoms with Gasteiger partial charge in [-0.15, -0.1) is 10.2 Å². The number of carbonyl (C=O) groups excluding carboxylic acids is 2. The molecule has 1 unspecified atom stereocenters. The number of alkyl halides is 3. The maximum atomic E-state index is 14.4. The molecule has 0 fully saturated rings. The second kappa shape index (κ2) is 9.71. The van der Waals surface area contributed by atoms with Gasteiger partial charge < -0.3 is 11.1 Å². The largest absolute Gasteiger partial charge is 0.416 e. The summed E-state index contributed by atoms with van der Waals surface area (Å²) in [5.74, 6) is -1.64. The standard InChI is InChI=1S/C27H18F4N6O2S2/c28-15-7-8-18-16(10-15)26(23(39)34-18)17(11-32)22(33)37(19-5-2-6-20(38)21(19)26)24-35-36-25(41-24)40-12-13-3-1-4-14(9-13)27(29,30)31/h1,3-4,7-10H,2,5-6,12,33H2,(H,34,39). The van der Waals surface area contributed by atoms with E-state index < -0.39 is 28.9 Å². The number of fused-ring (bicyclic) bond motifs is 3. The molecule has 0 radical (unpaired) electrons. The zero-order valence-corrected chi connectivity index (χ0v) is 22.5. The molecule has 2 aliphatic heterocycles. The van der Waals surface area contributed by atoms with Crippen LogP contribution in [0, 0.1) is 17.1 Å². The van der Waals surface area contributed by atoms with Gasteiger partial charge in [0.2, 0.25) is 11.0 Å². The first-order chi connectivity index (χ1) is 19.5. The Morgan fingerprint density at radius 3 is 2.73 bits per heavy atom. The third kappa shape index (κ3) is 4.18. The Hall–Kier alpha value is -4.22. The summed E-state index contributed by atoms with van der Waals surface area (Å²) in [6, 6.07) is 10.7. The molecular formula is C27H18F4N6O2S2. The number of benzene rings is 2. The first-order valence-corrected chi connectivity index (χ1v) is 14.1. The third-order valence-corrected chi connectivity index (χ3v) is 9.30. The van der Waals surface area contributed by atoms with Crippen LogP contribution in [0.5, 0.6) is 0 Å². The highest BCUT2D eigenvalue weighted by molar-refractivity contribution is 8.00. The predicted octanol–water partition coefficient (Wildman–Crippen LogP) is 5.40. The molecule has 1 aliphatic carbocycles. The van der Waals surface area contributed by atoms with Crippen LogP contribution in [0.1, 0.15) is 36.0 Å². The monoisotopic (exact) mass is 598 g/mol. The fourth-order valence-electron chi connectivity index (χ4n) is 5.51. The van der Waals surface area contributed by atoms with E-state index in [0.717, 1.165) is 29.5 Å². The molecule has 3 N–H and O–H groups in total. The summed E-state index contributed by atoms with van der Waals surface area (Å²) < 4.78 is 54.1. The Kier molecular flexibility index (Phi) is 6.39. The predicted molar refractivity (Wildman–Crippen MR) is 143 cm³/mol. The molecular weight excluding hydrogens is 580 g/mol. The van der Waals surface area contributed by atoms with Gasteiger partial charge in [-0.05, 0) is 42.7 Å². The van der Waals surface area contributed by atoms with Crippen LogP contribution in [0.15, 0.2) is 69.5 Å². The zero-order chi connectivity index (χ0) is 29.1. The highest BCUT2D eigenvalue weighted by Crippen LogP contribution is 2.55. The van der Waals surface area contributed by atoms with E-state index in [1.165, 1.54) is 34.9 Å². The first kappa shape index (κ1) is 27.0. The van der Waals surface area contributed by atoms with Crippen molar-refractivity contribution in [2.24, 2.45) is 5.73 Å². The topological polar surface area (TPSA) is 125 Å². The van der Waals surface area contributed by atoms with Crippen molar-refractivity contribution in [2.45, 2.75) is 40.9 Å². The van der Waals surface area contributed by atoms with Crippen LogP contribution in [0.3, 0.4) is 0 Å². The number of nitriles is 1. The average molecular weight is 599 g/mol. The summed E-state index contributed by atoms with van der Waals surface area (Å²) in [6.45, 7) is 0. The van der Waals surface area contributed by atoms with E-state index in [-0.39, 0.29) is 51.3 Å². The van der Waals surface area contributed by atoms with E-state index in [1.807, 2.05) is 6.07 Å². The number of halogens is 4. The van der Waals surface area contributed by atoms with Crippen LogP contribution in [-0.2, 0) is 26.9 Å². The highest BCUT2D eigenvalue weighted by atomic mass is 32.2. The first-order valence-electron chi connectivity index (χ1n) is 12.3. The van der Waals surface area contributed by atoms with Gasteiger partial charge in [0.15, 0.2) is 10.1 Å². The van der Waals surface area contributed by atoms with Gasteiger partial charge in [0.1, 0.15) is 23.1 Å². The number of nitrogens with zero attached hydrogens (tertiary/aromatic N) is 4. The molecule has 0 saturated heterocycles. The van der Waals surface area contributed by atoms with Crippen molar-refractivity contribution in [1.29, 1.82) is 5.26 Å². The maximum absolute atomic E-state index is 14.4. The number of rotatable bonds is 4. The van der Waals surface area contributed by atoms with Crippen LogP contribution in [0.25, 0.3) is 0 Å². The van der Waals surface area contributed by atoms with Gasteiger partial charge in [-0.25, -0.2) is 4.39 Å². The number of amides is 1.